The molecule has 7 aromatic rings. The number of para-hydroxylation sites is 3. The second kappa shape index (κ2) is 7.09. The van der Waals surface area contributed by atoms with E-state index >= 15 is 0 Å². The summed E-state index contributed by atoms with van der Waals surface area (Å²) >= 11 is 0. The van der Waals surface area contributed by atoms with E-state index in [1.54, 1.807) is 0 Å². The lowest BCUT2D eigenvalue weighted by Crippen LogP contribution is -1.97. The number of hydrogen-bond donors (Lipinski definition) is 0. The van der Waals surface area contributed by atoms with Crippen molar-refractivity contribution in [2.75, 3.05) is 0 Å². The molecular formula is C30H22N2O2. The van der Waals surface area contributed by atoms with Crippen molar-refractivity contribution in [3.63, 3.8) is 0 Å². The summed E-state index contributed by atoms with van der Waals surface area (Å²) in [4.78, 5) is 5.05. The molecule has 0 radical (unpaired) electrons. The Labute approximate surface area is 196 Å². The molecule has 3 heterocycles. The Hall–Kier alpha value is -4.31. The molecule has 0 atom stereocenters. The third-order valence-electron chi connectivity index (χ3n) is 6.69. The van der Waals surface area contributed by atoms with E-state index in [1.165, 1.54) is 5.56 Å². The topological polar surface area (TPSA) is 44.1 Å². The first-order valence-electron chi connectivity index (χ1n) is 11.6. The van der Waals surface area contributed by atoms with Gasteiger partial charge in [0.1, 0.15) is 28.8 Å². The van der Waals surface area contributed by atoms with Gasteiger partial charge in [-0.1, -0.05) is 50.2 Å². The van der Waals surface area contributed by atoms with Gasteiger partial charge in [0.05, 0.1) is 22.3 Å². The first kappa shape index (κ1) is 19.2. The fourth-order valence-corrected chi connectivity index (χ4v) is 4.90. The minimum absolute atomic E-state index is 0.432. The molecule has 0 spiro atoms. The van der Waals surface area contributed by atoms with E-state index in [1.807, 2.05) is 36.6 Å². The molecule has 0 N–H and O–H groups in total. The number of hydrogen-bond acceptors (Lipinski definition) is 3. The molecule has 4 heteroatoms. The minimum Gasteiger partial charge on any atom is -0.464 e. The quantitative estimate of drug-likeness (QED) is 0.276. The van der Waals surface area contributed by atoms with Gasteiger partial charge in [-0.2, -0.15) is 0 Å². The molecule has 0 bridgehead atoms. The highest BCUT2D eigenvalue weighted by Gasteiger charge is 2.20. The zero-order valence-electron chi connectivity index (χ0n) is 18.9. The SMILES string of the molecule is CC(C)c1ccc2occ(-c3nc4ccccc4n3-c3ccc4c(c3)oc3ccccc34)c2c1. The van der Waals surface area contributed by atoms with E-state index in [-0.39, 0.29) is 0 Å². The Morgan fingerprint density at radius 1 is 0.735 bits per heavy atom. The zero-order chi connectivity index (χ0) is 22.8. The number of fused-ring (bicyclic) bond motifs is 5. The van der Waals surface area contributed by atoms with Crippen molar-refractivity contribution in [3.8, 4) is 17.1 Å². The number of nitrogens with zero attached hydrogens (tertiary/aromatic N) is 2. The summed E-state index contributed by atoms with van der Waals surface area (Å²) < 4.78 is 14.4. The van der Waals surface area contributed by atoms with Gasteiger partial charge in [0.25, 0.3) is 0 Å². The van der Waals surface area contributed by atoms with Gasteiger partial charge in [-0.05, 0) is 53.9 Å². The second-order valence-electron chi connectivity index (χ2n) is 9.10. The Morgan fingerprint density at radius 3 is 2.47 bits per heavy atom. The largest absolute Gasteiger partial charge is 0.464 e. The van der Waals surface area contributed by atoms with Crippen LogP contribution in [0.15, 0.2) is 100 Å². The predicted octanol–water partition coefficient (Wildman–Crippen LogP) is 8.46. The maximum atomic E-state index is 6.19. The Balaban J connectivity index is 1.52. The van der Waals surface area contributed by atoms with Crippen LogP contribution < -0.4 is 0 Å². The fourth-order valence-electron chi connectivity index (χ4n) is 4.90. The van der Waals surface area contributed by atoms with Crippen LogP contribution in [0.1, 0.15) is 25.3 Å². The summed E-state index contributed by atoms with van der Waals surface area (Å²) in [5, 5.41) is 3.31. The van der Waals surface area contributed by atoms with Gasteiger partial charge in [-0.15, -0.1) is 0 Å². The van der Waals surface area contributed by atoms with E-state index < -0.39 is 0 Å². The summed E-state index contributed by atoms with van der Waals surface area (Å²) in [5.41, 5.74) is 7.88. The minimum atomic E-state index is 0.432. The smallest absolute Gasteiger partial charge is 0.149 e. The standard InChI is InChI=1S/C30H22N2O2/c1-18(2)19-11-14-27-23(15-19)24(17-33-27)30-31-25-8-4-5-9-26(25)32(30)20-12-13-22-21-7-3-6-10-28(21)34-29(22)16-20/h3-18H,1-2H3. The number of rotatable bonds is 3. The number of aromatic nitrogens is 2. The first-order chi connectivity index (χ1) is 16.7. The van der Waals surface area contributed by atoms with Gasteiger partial charge in [0.2, 0.25) is 0 Å². The first-order valence-corrected chi connectivity index (χ1v) is 11.6. The molecule has 0 aliphatic heterocycles. The fraction of sp³-hybridized carbons (Fsp3) is 0.100. The molecule has 4 nitrogen and oxygen atoms in total. The lowest BCUT2D eigenvalue weighted by molar-refractivity contribution is 0.616. The lowest BCUT2D eigenvalue weighted by atomic mass is 10.0. The van der Waals surface area contributed by atoms with Crippen molar-refractivity contribution in [2.45, 2.75) is 19.8 Å². The van der Waals surface area contributed by atoms with Crippen LogP contribution in [0, 0.1) is 0 Å². The van der Waals surface area contributed by atoms with Crippen LogP contribution in [0.2, 0.25) is 0 Å². The van der Waals surface area contributed by atoms with Crippen molar-refractivity contribution >= 4 is 43.9 Å². The van der Waals surface area contributed by atoms with Gasteiger partial charge >= 0.3 is 0 Å². The van der Waals surface area contributed by atoms with Crippen LogP contribution in [0.4, 0.5) is 0 Å². The molecular weight excluding hydrogens is 420 g/mol. The molecule has 7 rings (SSSR count). The molecule has 0 fully saturated rings. The highest BCUT2D eigenvalue weighted by Crippen LogP contribution is 2.37. The highest BCUT2D eigenvalue weighted by molar-refractivity contribution is 6.05. The van der Waals surface area contributed by atoms with Gasteiger partial charge in [0, 0.05) is 22.2 Å². The Bertz CT molecular complexity index is 1850. The molecule has 4 aromatic carbocycles. The van der Waals surface area contributed by atoms with Crippen LogP contribution >= 0.6 is 0 Å². The summed E-state index contributed by atoms with van der Waals surface area (Å²) in [6.45, 7) is 4.41. The molecule has 0 aliphatic rings. The van der Waals surface area contributed by atoms with Crippen LogP contribution in [0.3, 0.4) is 0 Å². The highest BCUT2D eigenvalue weighted by atomic mass is 16.3. The number of imidazole rings is 1. The monoisotopic (exact) mass is 442 g/mol. The average molecular weight is 443 g/mol. The van der Waals surface area contributed by atoms with E-state index in [0.29, 0.717) is 5.92 Å². The molecule has 34 heavy (non-hydrogen) atoms. The van der Waals surface area contributed by atoms with E-state index in [4.69, 9.17) is 13.8 Å². The Kier molecular flexibility index (Phi) is 4.00. The van der Waals surface area contributed by atoms with Gasteiger partial charge in [-0.3, -0.25) is 4.57 Å². The van der Waals surface area contributed by atoms with Gasteiger partial charge in [0.15, 0.2) is 0 Å². The number of benzene rings is 4. The normalized spacial score (nSPS) is 12.1. The zero-order valence-corrected chi connectivity index (χ0v) is 18.9. The molecule has 0 aliphatic carbocycles. The molecule has 3 aromatic heterocycles. The predicted molar refractivity (Wildman–Crippen MR) is 138 cm³/mol. The lowest BCUT2D eigenvalue weighted by Gasteiger charge is -2.10. The molecule has 164 valence electrons. The van der Waals surface area contributed by atoms with Gasteiger partial charge < -0.3 is 8.83 Å². The molecule has 0 amide bonds. The molecule has 0 saturated carbocycles. The maximum absolute atomic E-state index is 6.19. The summed E-state index contributed by atoms with van der Waals surface area (Å²) in [5.74, 6) is 1.29. The van der Waals surface area contributed by atoms with Crippen molar-refractivity contribution < 1.29 is 8.83 Å². The molecule has 0 saturated heterocycles. The maximum Gasteiger partial charge on any atom is 0.149 e. The van der Waals surface area contributed by atoms with Crippen molar-refractivity contribution in [3.05, 3.63) is 96.8 Å². The van der Waals surface area contributed by atoms with E-state index in [9.17, 15) is 0 Å². The van der Waals surface area contributed by atoms with Crippen LogP contribution in [-0.4, -0.2) is 9.55 Å². The van der Waals surface area contributed by atoms with Crippen molar-refractivity contribution in [2.24, 2.45) is 0 Å². The van der Waals surface area contributed by atoms with Crippen molar-refractivity contribution in [1.82, 2.24) is 9.55 Å². The molecule has 0 unspecified atom stereocenters. The third-order valence-corrected chi connectivity index (χ3v) is 6.69. The van der Waals surface area contributed by atoms with Crippen molar-refractivity contribution in [1.29, 1.82) is 0 Å². The summed E-state index contributed by atoms with van der Waals surface area (Å²) in [6.07, 6.45) is 1.83. The summed E-state index contributed by atoms with van der Waals surface area (Å²) in [7, 11) is 0. The van der Waals surface area contributed by atoms with E-state index in [0.717, 1.165) is 61.0 Å². The van der Waals surface area contributed by atoms with E-state index in [2.05, 4.69) is 73.0 Å². The second-order valence-corrected chi connectivity index (χ2v) is 9.10. The van der Waals surface area contributed by atoms with Gasteiger partial charge in [-0.25, -0.2) is 4.98 Å². The Morgan fingerprint density at radius 2 is 1.56 bits per heavy atom. The summed E-state index contributed by atoms with van der Waals surface area (Å²) in [6, 6.07) is 29.2. The third kappa shape index (κ3) is 2.75. The average Bonchev–Trinajstić information content (AvgIpc) is 3.55. The van der Waals surface area contributed by atoms with Crippen LogP contribution in [0.25, 0.3) is 61.0 Å². The number of furan rings is 2. The van der Waals surface area contributed by atoms with Crippen LogP contribution in [0.5, 0.6) is 0 Å². The van der Waals surface area contributed by atoms with Crippen LogP contribution in [-0.2, 0) is 0 Å².